The molecular formula is C16H16Cl2O3. The topological polar surface area (TPSA) is 27.7 Å². The van der Waals surface area contributed by atoms with Crippen molar-refractivity contribution in [2.24, 2.45) is 0 Å². The minimum absolute atomic E-state index is 0.440. The van der Waals surface area contributed by atoms with Crippen molar-refractivity contribution in [1.29, 1.82) is 0 Å². The molecule has 0 amide bonds. The summed E-state index contributed by atoms with van der Waals surface area (Å²) in [6, 6.07) is 12.8. The highest BCUT2D eigenvalue weighted by atomic mass is 35.5. The van der Waals surface area contributed by atoms with E-state index in [1.807, 2.05) is 24.3 Å². The normalized spacial score (nSPS) is 10.2. The van der Waals surface area contributed by atoms with E-state index < -0.39 is 0 Å². The molecule has 0 aromatic heterocycles. The monoisotopic (exact) mass is 326 g/mol. The molecule has 0 heterocycles. The van der Waals surface area contributed by atoms with Crippen LogP contribution in [0.1, 0.15) is 6.42 Å². The molecule has 0 spiro atoms. The average Bonchev–Trinajstić information content (AvgIpc) is 2.51. The molecule has 0 unspecified atom stereocenters. The van der Waals surface area contributed by atoms with Gasteiger partial charge in [0.2, 0.25) is 0 Å². The molecule has 0 aliphatic rings. The average molecular weight is 327 g/mol. The number of ether oxygens (including phenoxy) is 3. The first-order valence-electron chi connectivity index (χ1n) is 6.54. The smallest absolute Gasteiger partial charge is 0.139 e. The van der Waals surface area contributed by atoms with E-state index in [0.29, 0.717) is 29.0 Å². The molecule has 0 radical (unpaired) electrons. The second-order valence-corrected chi connectivity index (χ2v) is 5.06. The fourth-order valence-corrected chi connectivity index (χ4v) is 2.04. The summed E-state index contributed by atoms with van der Waals surface area (Å²) in [5, 5.41) is 0.930. The van der Waals surface area contributed by atoms with Crippen molar-refractivity contribution in [3.8, 4) is 17.2 Å². The van der Waals surface area contributed by atoms with Gasteiger partial charge in [-0.2, -0.15) is 0 Å². The Morgan fingerprint density at radius 1 is 0.857 bits per heavy atom. The Morgan fingerprint density at radius 2 is 1.52 bits per heavy atom. The molecule has 3 nitrogen and oxygen atoms in total. The predicted octanol–water partition coefficient (Wildman–Crippen LogP) is 4.85. The van der Waals surface area contributed by atoms with Gasteiger partial charge in [-0.3, -0.25) is 0 Å². The third-order valence-electron chi connectivity index (χ3n) is 2.79. The number of rotatable bonds is 7. The lowest BCUT2D eigenvalue weighted by Gasteiger charge is -2.10. The van der Waals surface area contributed by atoms with Crippen LogP contribution in [0.2, 0.25) is 10.0 Å². The number of halogens is 2. The van der Waals surface area contributed by atoms with Crippen LogP contribution in [0.25, 0.3) is 0 Å². The highest BCUT2D eigenvalue weighted by molar-refractivity contribution is 6.42. The fraction of sp³-hybridized carbons (Fsp3) is 0.250. The summed E-state index contributed by atoms with van der Waals surface area (Å²) in [5.74, 6) is 2.20. The van der Waals surface area contributed by atoms with Crippen LogP contribution in [-0.2, 0) is 0 Å². The predicted molar refractivity (Wildman–Crippen MR) is 85.1 cm³/mol. The van der Waals surface area contributed by atoms with Crippen molar-refractivity contribution in [1.82, 2.24) is 0 Å². The second-order valence-electron chi connectivity index (χ2n) is 4.28. The first-order chi connectivity index (χ1) is 10.2. The number of benzene rings is 2. The lowest BCUT2D eigenvalue weighted by atomic mass is 10.3. The number of methoxy groups -OCH3 is 1. The third kappa shape index (κ3) is 4.73. The molecule has 21 heavy (non-hydrogen) atoms. The molecule has 0 atom stereocenters. The van der Waals surface area contributed by atoms with Gasteiger partial charge < -0.3 is 14.2 Å². The Labute approximate surface area is 134 Å². The van der Waals surface area contributed by atoms with Gasteiger partial charge in [0, 0.05) is 6.42 Å². The van der Waals surface area contributed by atoms with Gasteiger partial charge in [-0.15, -0.1) is 0 Å². The van der Waals surface area contributed by atoms with Crippen molar-refractivity contribution in [3.63, 3.8) is 0 Å². The van der Waals surface area contributed by atoms with Crippen molar-refractivity contribution >= 4 is 23.2 Å². The highest BCUT2D eigenvalue weighted by Crippen LogP contribution is 2.31. The molecule has 0 bridgehead atoms. The van der Waals surface area contributed by atoms with Crippen LogP contribution in [0.3, 0.4) is 0 Å². The summed E-state index contributed by atoms with van der Waals surface area (Å²) >= 11 is 11.9. The van der Waals surface area contributed by atoms with Gasteiger partial charge in [0.25, 0.3) is 0 Å². The van der Waals surface area contributed by atoms with E-state index in [1.165, 1.54) is 0 Å². The Hall–Kier alpha value is -1.58. The maximum absolute atomic E-state index is 6.03. The van der Waals surface area contributed by atoms with Crippen LogP contribution < -0.4 is 14.2 Å². The maximum Gasteiger partial charge on any atom is 0.139 e. The van der Waals surface area contributed by atoms with Gasteiger partial charge in [0.1, 0.15) is 22.3 Å². The second kappa shape index (κ2) is 8.01. The Bertz CT molecular complexity index is 570. The molecule has 0 saturated heterocycles. The Morgan fingerprint density at radius 3 is 2.24 bits per heavy atom. The highest BCUT2D eigenvalue weighted by Gasteiger charge is 2.04. The third-order valence-corrected chi connectivity index (χ3v) is 3.59. The first kappa shape index (κ1) is 15.8. The van der Waals surface area contributed by atoms with Gasteiger partial charge in [0.05, 0.1) is 25.3 Å². The standard InChI is InChI=1S/C16H16Cl2O3/c1-19-12-6-8-13(9-7-12)20-10-3-11-21-15-5-2-4-14(17)16(15)18/h2,4-9H,3,10-11H2,1H3. The van der Waals surface area contributed by atoms with Crippen molar-refractivity contribution in [2.45, 2.75) is 6.42 Å². The maximum atomic E-state index is 6.03. The van der Waals surface area contributed by atoms with Crippen LogP contribution in [0.15, 0.2) is 42.5 Å². The summed E-state index contributed by atoms with van der Waals surface area (Å²) in [6.07, 6.45) is 0.745. The lowest BCUT2D eigenvalue weighted by Crippen LogP contribution is -2.05. The molecule has 112 valence electrons. The summed E-state index contributed by atoms with van der Waals surface area (Å²) in [5.41, 5.74) is 0. The van der Waals surface area contributed by atoms with Gasteiger partial charge in [-0.05, 0) is 36.4 Å². The molecular weight excluding hydrogens is 311 g/mol. The molecule has 5 heteroatoms. The van der Waals surface area contributed by atoms with Crippen molar-refractivity contribution in [3.05, 3.63) is 52.5 Å². The Balaban J connectivity index is 1.71. The number of hydrogen-bond acceptors (Lipinski definition) is 3. The van der Waals surface area contributed by atoms with Crippen LogP contribution in [-0.4, -0.2) is 20.3 Å². The van der Waals surface area contributed by atoms with Gasteiger partial charge in [-0.1, -0.05) is 29.3 Å². The van der Waals surface area contributed by atoms with Gasteiger partial charge in [0.15, 0.2) is 0 Å². The summed E-state index contributed by atoms with van der Waals surface area (Å²) in [4.78, 5) is 0. The first-order valence-corrected chi connectivity index (χ1v) is 7.30. The molecule has 2 rings (SSSR count). The molecule has 2 aromatic rings. The van der Waals surface area contributed by atoms with Crippen LogP contribution >= 0.6 is 23.2 Å². The molecule has 0 N–H and O–H groups in total. The van der Waals surface area contributed by atoms with E-state index in [-0.39, 0.29) is 0 Å². The molecule has 0 fully saturated rings. The van der Waals surface area contributed by atoms with Gasteiger partial charge in [-0.25, -0.2) is 0 Å². The fourth-order valence-electron chi connectivity index (χ4n) is 1.70. The van der Waals surface area contributed by atoms with Crippen LogP contribution in [0.5, 0.6) is 17.2 Å². The van der Waals surface area contributed by atoms with E-state index >= 15 is 0 Å². The Kier molecular flexibility index (Phi) is 6.03. The molecule has 2 aromatic carbocycles. The zero-order valence-corrected chi connectivity index (χ0v) is 13.2. The van der Waals surface area contributed by atoms with Gasteiger partial charge >= 0.3 is 0 Å². The molecule has 0 saturated carbocycles. The van der Waals surface area contributed by atoms with Crippen molar-refractivity contribution in [2.75, 3.05) is 20.3 Å². The summed E-state index contributed by atoms with van der Waals surface area (Å²) < 4.78 is 16.3. The lowest BCUT2D eigenvalue weighted by molar-refractivity contribution is 0.247. The summed E-state index contributed by atoms with van der Waals surface area (Å²) in [7, 11) is 1.63. The van der Waals surface area contributed by atoms with Crippen molar-refractivity contribution < 1.29 is 14.2 Å². The molecule has 0 aliphatic carbocycles. The zero-order chi connectivity index (χ0) is 15.1. The van der Waals surface area contributed by atoms with Crippen LogP contribution in [0.4, 0.5) is 0 Å². The van der Waals surface area contributed by atoms with E-state index in [0.717, 1.165) is 17.9 Å². The number of hydrogen-bond donors (Lipinski definition) is 0. The minimum Gasteiger partial charge on any atom is -0.497 e. The molecule has 0 aliphatic heterocycles. The van der Waals surface area contributed by atoms with E-state index in [4.69, 9.17) is 37.4 Å². The van der Waals surface area contributed by atoms with Crippen LogP contribution in [0, 0.1) is 0 Å². The quantitative estimate of drug-likeness (QED) is 0.681. The summed E-state index contributed by atoms with van der Waals surface area (Å²) in [6.45, 7) is 1.07. The van der Waals surface area contributed by atoms with E-state index in [1.54, 1.807) is 25.3 Å². The van der Waals surface area contributed by atoms with E-state index in [2.05, 4.69) is 0 Å². The van der Waals surface area contributed by atoms with E-state index in [9.17, 15) is 0 Å². The zero-order valence-electron chi connectivity index (χ0n) is 11.6. The largest absolute Gasteiger partial charge is 0.497 e. The minimum atomic E-state index is 0.440. The SMILES string of the molecule is COc1ccc(OCCCOc2cccc(Cl)c2Cl)cc1.